The number of fused-ring (bicyclic) bond motifs is 3. The number of furan rings is 1. The maximum absolute atomic E-state index is 6.56. The Hall–Kier alpha value is -7.38. The summed E-state index contributed by atoms with van der Waals surface area (Å²) in [5.41, 5.74) is 14.6. The van der Waals surface area contributed by atoms with Crippen LogP contribution in [0.1, 0.15) is 34.3 Å². The summed E-state index contributed by atoms with van der Waals surface area (Å²) >= 11 is 0. The maximum Gasteiger partial charge on any atom is 0.143 e. The van der Waals surface area contributed by atoms with Gasteiger partial charge in [-0.2, -0.15) is 0 Å². The van der Waals surface area contributed by atoms with Crippen LogP contribution < -0.4 is 10.6 Å². The Morgan fingerprint density at radius 3 is 1.82 bits per heavy atom. The smallest absolute Gasteiger partial charge is 0.143 e. The van der Waals surface area contributed by atoms with E-state index < -0.39 is 0 Å². The fraction of sp³-hybridized carbons (Fsp3) is 0.0417. The van der Waals surface area contributed by atoms with Gasteiger partial charge in [-0.05, 0) is 87.5 Å². The molecule has 0 saturated heterocycles. The summed E-state index contributed by atoms with van der Waals surface area (Å²) in [7, 11) is 0. The third-order valence-corrected chi connectivity index (χ3v) is 10.3. The van der Waals surface area contributed by atoms with E-state index >= 15 is 0 Å². The van der Waals surface area contributed by atoms with Crippen LogP contribution in [-0.4, -0.2) is 19.9 Å². The Bertz CT molecular complexity index is 2840. The first-order valence-corrected chi connectivity index (χ1v) is 18.3. The van der Waals surface area contributed by atoms with Crippen LogP contribution in [0.5, 0.6) is 0 Å². The Morgan fingerprint density at radius 1 is 0.455 bits per heavy atom. The zero-order valence-electron chi connectivity index (χ0n) is 29.7. The summed E-state index contributed by atoms with van der Waals surface area (Å²) in [4.78, 5) is 16.9. The number of hydrogen-bond acceptors (Lipinski definition) is 7. The van der Waals surface area contributed by atoms with Gasteiger partial charge in [0.2, 0.25) is 0 Å². The van der Waals surface area contributed by atoms with Gasteiger partial charge < -0.3 is 15.1 Å². The minimum atomic E-state index is -0.0162. The van der Waals surface area contributed by atoms with E-state index in [4.69, 9.17) is 4.42 Å². The lowest BCUT2D eigenvalue weighted by molar-refractivity contribution is 0.670. The second kappa shape index (κ2) is 13.9. The zero-order valence-corrected chi connectivity index (χ0v) is 29.7. The summed E-state index contributed by atoms with van der Waals surface area (Å²) in [5, 5.41) is 9.58. The van der Waals surface area contributed by atoms with E-state index in [0.717, 1.165) is 89.0 Å². The molecular weight excluding hydrogens is 677 g/mol. The molecule has 2 atom stereocenters. The number of para-hydroxylation sites is 2. The van der Waals surface area contributed by atoms with E-state index in [1.807, 2.05) is 36.9 Å². The van der Waals surface area contributed by atoms with E-state index in [1.165, 1.54) is 0 Å². The van der Waals surface area contributed by atoms with Crippen molar-refractivity contribution in [1.82, 2.24) is 30.6 Å². The van der Waals surface area contributed by atoms with Crippen LogP contribution in [0, 0.1) is 0 Å². The van der Waals surface area contributed by atoms with Gasteiger partial charge in [-0.15, -0.1) is 0 Å². The highest BCUT2D eigenvalue weighted by atomic mass is 16.3. The minimum absolute atomic E-state index is 0.0135. The molecule has 2 aliphatic heterocycles. The average molecular weight is 711 g/mol. The highest BCUT2D eigenvalue weighted by Gasteiger charge is 2.19. The molecule has 5 heterocycles. The number of dihydropyridines is 2. The van der Waals surface area contributed by atoms with Crippen molar-refractivity contribution in [3.63, 3.8) is 0 Å². The van der Waals surface area contributed by atoms with Crippen molar-refractivity contribution < 1.29 is 4.42 Å². The molecule has 2 unspecified atom stereocenters. The molecule has 3 aromatic heterocycles. The molecule has 0 spiro atoms. The van der Waals surface area contributed by atoms with E-state index in [2.05, 4.69) is 164 Å². The molecule has 0 saturated carbocycles. The quantitative estimate of drug-likeness (QED) is 0.170. The molecule has 262 valence electrons. The number of rotatable bonds is 7. The highest BCUT2D eigenvalue weighted by Crippen LogP contribution is 2.40. The molecule has 7 heteroatoms. The highest BCUT2D eigenvalue weighted by molar-refractivity contribution is 6.09. The van der Waals surface area contributed by atoms with Gasteiger partial charge in [-0.25, -0.2) is 19.9 Å². The summed E-state index contributed by atoms with van der Waals surface area (Å²) in [5.74, 6) is 0. The molecule has 55 heavy (non-hydrogen) atoms. The number of nitrogens with zero attached hydrogens (tertiary/aromatic N) is 4. The van der Waals surface area contributed by atoms with Gasteiger partial charge in [0, 0.05) is 63.6 Å². The molecule has 0 fully saturated rings. The second-order valence-corrected chi connectivity index (χ2v) is 13.8. The van der Waals surface area contributed by atoms with Crippen LogP contribution in [-0.2, 0) is 0 Å². The number of hydrogen-bond donors (Lipinski definition) is 2. The zero-order chi connectivity index (χ0) is 36.6. The first-order valence-electron chi connectivity index (χ1n) is 18.3. The Labute approximate surface area is 318 Å². The third kappa shape index (κ3) is 6.28. The fourth-order valence-electron chi connectivity index (χ4n) is 7.58. The summed E-state index contributed by atoms with van der Waals surface area (Å²) < 4.78 is 6.56. The van der Waals surface area contributed by atoms with Crippen molar-refractivity contribution in [2.75, 3.05) is 0 Å². The van der Waals surface area contributed by atoms with Crippen LogP contribution in [0.4, 0.5) is 0 Å². The largest absolute Gasteiger partial charge is 0.455 e. The van der Waals surface area contributed by atoms with Gasteiger partial charge in [0.05, 0.1) is 12.1 Å². The van der Waals surface area contributed by atoms with Gasteiger partial charge in [0.25, 0.3) is 0 Å². The summed E-state index contributed by atoms with van der Waals surface area (Å²) in [6.45, 7) is 0. The predicted octanol–water partition coefficient (Wildman–Crippen LogP) is 10.7. The van der Waals surface area contributed by atoms with Crippen molar-refractivity contribution >= 4 is 33.3 Å². The SMILES string of the molecule is C1=CC(c2cncnc2)NC(c2cccc(-c3cc(-c4cccc(C5C=CC=C(c6cncnc6)N5)c4)cc(-c4cccc5c4oc4ccccc45)c3)c2)=C1. The molecule has 0 bridgehead atoms. The van der Waals surface area contributed by atoms with Gasteiger partial charge in [-0.1, -0.05) is 97.1 Å². The van der Waals surface area contributed by atoms with Gasteiger partial charge in [-0.3, -0.25) is 0 Å². The maximum atomic E-state index is 6.56. The number of nitrogens with one attached hydrogen (secondary N) is 2. The summed E-state index contributed by atoms with van der Waals surface area (Å²) in [6.07, 6.45) is 23.2. The molecule has 10 rings (SSSR count). The molecule has 0 amide bonds. The van der Waals surface area contributed by atoms with Gasteiger partial charge in [0.15, 0.2) is 0 Å². The summed E-state index contributed by atoms with van der Waals surface area (Å²) in [6, 6.07) is 39.0. The van der Waals surface area contributed by atoms with E-state index in [-0.39, 0.29) is 12.1 Å². The molecule has 2 N–H and O–H groups in total. The van der Waals surface area contributed by atoms with Crippen LogP contribution in [0.2, 0.25) is 0 Å². The number of benzene rings is 5. The fourth-order valence-corrected chi connectivity index (χ4v) is 7.58. The first kappa shape index (κ1) is 32.3. The van der Waals surface area contributed by atoms with Crippen molar-refractivity contribution in [2.24, 2.45) is 0 Å². The molecule has 8 aromatic rings. The van der Waals surface area contributed by atoms with Crippen molar-refractivity contribution in [2.45, 2.75) is 12.1 Å². The Balaban J connectivity index is 1.07. The second-order valence-electron chi connectivity index (χ2n) is 13.8. The van der Waals surface area contributed by atoms with Crippen LogP contribution in [0.25, 0.3) is 66.7 Å². The topological polar surface area (TPSA) is 88.8 Å². The molecule has 7 nitrogen and oxygen atoms in total. The minimum Gasteiger partial charge on any atom is -0.455 e. The molecule has 2 aliphatic rings. The third-order valence-electron chi connectivity index (χ3n) is 10.3. The Morgan fingerprint density at radius 2 is 1.04 bits per heavy atom. The van der Waals surface area contributed by atoms with Gasteiger partial charge >= 0.3 is 0 Å². The van der Waals surface area contributed by atoms with E-state index in [9.17, 15) is 0 Å². The molecule has 0 aliphatic carbocycles. The van der Waals surface area contributed by atoms with Crippen molar-refractivity contribution in [3.8, 4) is 33.4 Å². The van der Waals surface area contributed by atoms with E-state index in [1.54, 1.807) is 12.7 Å². The first-order chi connectivity index (χ1) is 27.2. The number of allylic oxidation sites excluding steroid dienone is 4. The monoisotopic (exact) mass is 710 g/mol. The predicted molar refractivity (Wildman–Crippen MR) is 220 cm³/mol. The lowest BCUT2D eigenvalue weighted by atomic mass is 9.90. The molecular formula is C48H34N6O. The lowest BCUT2D eigenvalue weighted by Crippen LogP contribution is -2.20. The van der Waals surface area contributed by atoms with Crippen LogP contribution >= 0.6 is 0 Å². The van der Waals surface area contributed by atoms with Crippen molar-refractivity contribution in [3.05, 3.63) is 205 Å². The molecule has 5 aromatic carbocycles. The average Bonchev–Trinajstić information content (AvgIpc) is 3.66. The lowest BCUT2D eigenvalue weighted by Gasteiger charge is -2.23. The van der Waals surface area contributed by atoms with E-state index in [0.29, 0.717) is 0 Å². The van der Waals surface area contributed by atoms with Crippen molar-refractivity contribution in [1.29, 1.82) is 0 Å². The number of aromatic nitrogens is 4. The van der Waals surface area contributed by atoms with Crippen LogP contribution in [0.15, 0.2) is 188 Å². The Kier molecular flexibility index (Phi) is 8.15. The van der Waals surface area contributed by atoms with Crippen LogP contribution in [0.3, 0.4) is 0 Å². The van der Waals surface area contributed by atoms with Gasteiger partial charge in [0.1, 0.15) is 23.8 Å². The standard InChI is InChI=1S/C48H34N6O/c1-2-19-47-41(12-1)42-14-5-13-40(48(42)55-47)37-23-35(31-8-3-10-33(20-31)43-15-6-17-45(53-43)38-25-49-29-50-26-38)22-36(24-37)32-9-4-11-34(21-32)44-16-7-18-46(54-44)39-27-51-30-52-28-39/h1-30,43,46,53-54H. The normalized spacial score (nSPS) is 16.4. The molecule has 0 radical (unpaired) electrons.